The van der Waals surface area contributed by atoms with Crippen LogP contribution in [0.5, 0.6) is 0 Å². The van der Waals surface area contributed by atoms with Gasteiger partial charge < -0.3 is 0 Å². The normalized spacial score (nSPS) is 15.4. The fraction of sp³-hybridized carbons (Fsp3) is 0.345. The highest BCUT2D eigenvalue weighted by atomic mass is 35.5. The molecule has 0 fully saturated rings. The third-order valence-corrected chi connectivity index (χ3v) is 7.29. The Hall–Kier alpha value is -2.09. The lowest BCUT2D eigenvalue weighted by molar-refractivity contribution is 0.912. The maximum absolute atomic E-state index is 6.96. The molecule has 0 radical (unpaired) electrons. The number of fused-ring (bicyclic) bond motifs is 2. The number of aryl methyl sites for hydroxylation is 2. The highest BCUT2D eigenvalue weighted by molar-refractivity contribution is 6.36. The minimum atomic E-state index is -0.319. The Kier molecular flexibility index (Phi) is 7.85. The van der Waals surface area contributed by atoms with Crippen LogP contribution in [0.1, 0.15) is 62.9 Å². The molecule has 32 heavy (non-hydrogen) atoms. The first-order valence-electron chi connectivity index (χ1n) is 11.3. The number of benzene rings is 1. The molecule has 1 aliphatic rings. The first kappa shape index (κ1) is 24.6. The van der Waals surface area contributed by atoms with Crippen LogP contribution in [-0.2, 0) is 19.3 Å². The van der Waals surface area contributed by atoms with Gasteiger partial charge in [-0.25, -0.2) is 4.98 Å². The summed E-state index contributed by atoms with van der Waals surface area (Å²) >= 11 is 13.8. The van der Waals surface area contributed by atoms with Gasteiger partial charge in [-0.15, -0.1) is 18.2 Å². The fourth-order valence-electron chi connectivity index (χ4n) is 4.55. The lowest BCUT2D eigenvalue weighted by Crippen LogP contribution is -2.08. The van der Waals surface area contributed by atoms with Gasteiger partial charge in [-0.2, -0.15) is 0 Å². The van der Waals surface area contributed by atoms with Crippen molar-refractivity contribution in [2.24, 2.45) is 0 Å². The van der Waals surface area contributed by atoms with Crippen molar-refractivity contribution in [1.29, 1.82) is 0 Å². The van der Waals surface area contributed by atoms with Gasteiger partial charge in [-0.3, -0.25) is 0 Å². The van der Waals surface area contributed by atoms with Gasteiger partial charge in [0.05, 0.1) is 21.6 Å². The highest BCUT2D eigenvalue weighted by Gasteiger charge is 2.20. The molecule has 3 heteroatoms. The highest BCUT2D eigenvalue weighted by Crippen LogP contribution is 2.37. The summed E-state index contributed by atoms with van der Waals surface area (Å²) in [6.07, 6.45) is 8.98. The number of rotatable bonds is 8. The third kappa shape index (κ3) is 4.80. The van der Waals surface area contributed by atoms with E-state index in [4.69, 9.17) is 28.2 Å². The molecule has 0 bridgehead atoms. The molecular formula is C29H33Cl2N. The Morgan fingerprint density at radius 3 is 2.38 bits per heavy atom. The van der Waals surface area contributed by atoms with E-state index in [9.17, 15) is 0 Å². The summed E-state index contributed by atoms with van der Waals surface area (Å²) in [7, 11) is 0. The van der Waals surface area contributed by atoms with E-state index in [-0.39, 0.29) is 5.38 Å². The van der Waals surface area contributed by atoms with Crippen molar-refractivity contribution >= 4 is 39.7 Å². The molecule has 1 aromatic carbocycles. The summed E-state index contributed by atoms with van der Waals surface area (Å²) in [4.78, 5) is 5.11. The molecule has 0 spiro atoms. The van der Waals surface area contributed by atoms with Crippen molar-refractivity contribution < 1.29 is 0 Å². The number of aromatic nitrogens is 1. The van der Waals surface area contributed by atoms with Gasteiger partial charge in [-0.1, -0.05) is 55.0 Å². The summed E-state index contributed by atoms with van der Waals surface area (Å²) in [5.74, 6) is 0. The summed E-state index contributed by atoms with van der Waals surface area (Å²) < 4.78 is 0. The van der Waals surface area contributed by atoms with Crippen LogP contribution in [0.2, 0.25) is 5.02 Å². The number of allylic oxidation sites excluding steroid dienone is 7. The zero-order chi connectivity index (χ0) is 23.6. The topological polar surface area (TPSA) is 12.9 Å². The van der Waals surface area contributed by atoms with E-state index in [1.54, 1.807) is 0 Å². The molecule has 1 nitrogen and oxygen atoms in total. The Bertz CT molecular complexity index is 1160. The lowest BCUT2D eigenvalue weighted by Gasteiger charge is -2.19. The van der Waals surface area contributed by atoms with Gasteiger partial charge >= 0.3 is 0 Å². The molecule has 0 saturated carbocycles. The largest absolute Gasteiger partial charge is 0.248 e. The van der Waals surface area contributed by atoms with Crippen molar-refractivity contribution in [2.75, 3.05) is 0 Å². The number of pyridine rings is 1. The first-order valence-corrected chi connectivity index (χ1v) is 12.1. The number of alkyl halides is 1. The smallest absolute Gasteiger partial charge is 0.0793 e. The molecule has 1 aromatic heterocycles. The molecule has 1 aliphatic carbocycles. The van der Waals surface area contributed by atoms with E-state index in [1.165, 1.54) is 17.5 Å². The van der Waals surface area contributed by atoms with Crippen LogP contribution in [0, 0.1) is 0 Å². The maximum atomic E-state index is 6.96. The second kappa shape index (κ2) is 10.2. The lowest BCUT2D eigenvalue weighted by atomic mass is 9.91. The molecule has 0 N–H and O–H groups in total. The first-order chi connectivity index (χ1) is 15.2. The minimum absolute atomic E-state index is 0.319. The van der Waals surface area contributed by atoms with Crippen molar-refractivity contribution in [3.8, 4) is 0 Å². The van der Waals surface area contributed by atoms with Crippen LogP contribution < -0.4 is 0 Å². The molecule has 1 atom stereocenters. The van der Waals surface area contributed by atoms with Crippen molar-refractivity contribution in [1.82, 2.24) is 4.98 Å². The zero-order valence-corrected chi connectivity index (χ0v) is 21.3. The van der Waals surface area contributed by atoms with E-state index in [0.29, 0.717) is 6.42 Å². The molecule has 2 aromatic rings. The van der Waals surface area contributed by atoms with Crippen LogP contribution in [-0.4, -0.2) is 10.4 Å². The van der Waals surface area contributed by atoms with Crippen LogP contribution in [0.15, 0.2) is 66.3 Å². The van der Waals surface area contributed by atoms with Gasteiger partial charge in [0.1, 0.15) is 0 Å². The maximum Gasteiger partial charge on any atom is 0.0793 e. The summed E-state index contributed by atoms with van der Waals surface area (Å²) in [6.45, 7) is 20.4. The molecule has 1 heterocycles. The van der Waals surface area contributed by atoms with Gasteiger partial charge in [0.25, 0.3) is 0 Å². The summed E-state index contributed by atoms with van der Waals surface area (Å²) in [6, 6.07) is 4.48. The van der Waals surface area contributed by atoms with Crippen LogP contribution in [0.4, 0.5) is 0 Å². The van der Waals surface area contributed by atoms with E-state index >= 15 is 0 Å². The number of hydrogen-bond acceptors (Lipinski definition) is 1. The Balaban J connectivity index is 2.26. The van der Waals surface area contributed by atoms with E-state index in [1.807, 2.05) is 19.9 Å². The summed E-state index contributed by atoms with van der Waals surface area (Å²) in [5.41, 5.74) is 10.8. The van der Waals surface area contributed by atoms with E-state index in [2.05, 4.69) is 51.8 Å². The molecule has 0 saturated heterocycles. The molecule has 1 unspecified atom stereocenters. The van der Waals surface area contributed by atoms with E-state index < -0.39 is 0 Å². The zero-order valence-electron chi connectivity index (χ0n) is 19.7. The van der Waals surface area contributed by atoms with E-state index in [0.717, 1.165) is 74.3 Å². The number of halogens is 2. The van der Waals surface area contributed by atoms with Gasteiger partial charge in [0.15, 0.2) is 0 Å². The van der Waals surface area contributed by atoms with Crippen molar-refractivity contribution in [3.05, 3.63) is 93.7 Å². The Morgan fingerprint density at radius 2 is 1.81 bits per heavy atom. The summed E-state index contributed by atoms with van der Waals surface area (Å²) in [5, 5.41) is 1.55. The minimum Gasteiger partial charge on any atom is -0.248 e. The van der Waals surface area contributed by atoms with Gasteiger partial charge in [0, 0.05) is 5.39 Å². The Labute approximate surface area is 203 Å². The molecule has 168 valence electrons. The quantitative estimate of drug-likeness (QED) is 0.215. The Morgan fingerprint density at radius 1 is 1.16 bits per heavy atom. The predicted octanol–water partition coefficient (Wildman–Crippen LogP) is 8.97. The molecule has 0 aliphatic heterocycles. The second-order valence-electron chi connectivity index (χ2n) is 8.84. The van der Waals surface area contributed by atoms with Crippen LogP contribution >= 0.6 is 23.2 Å². The van der Waals surface area contributed by atoms with Gasteiger partial charge in [0.2, 0.25) is 0 Å². The predicted molar refractivity (Wildman–Crippen MR) is 143 cm³/mol. The number of nitrogens with zero attached hydrogens (tertiary/aromatic N) is 1. The molecule has 0 amide bonds. The average molecular weight is 466 g/mol. The SMILES string of the molecule is C=CC/C(C(=C)C)=C(/C=C(\C)c1nc2cc3c(cc2c(Cl)c1CC)CCC3)C(Cl)C(=C)C. The number of hydrogen-bond donors (Lipinski definition) is 0. The van der Waals surface area contributed by atoms with Crippen molar-refractivity contribution in [3.63, 3.8) is 0 Å². The standard InChI is InChI=1S/C29H33Cl2N/c1-8-11-23(17(3)4)24(27(30)18(5)6)14-19(7)29-22(9-2)28(31)25-15-20-12-10-13-21(20)16-26(25)32-29/h8,14-16,27H,1,3,5,9-13H2,2,4,6-7H3/b19-14+,24-23+. The average Bonchev–Trinajstić information content (AvgIpc) is 3.21. The third-order valence-electron chi connectivity index (χ3n) is 6.25. The fourth-order valence-corrected chi connectivity index (χ4v) is 5.12. The van der Waals surface area contributed by atoms with Crippen molar-refractivity contribution in [2.45, 2.75) is 65.2 Å². The van der Waals surface area contributed by atoms with Gasteiger partial charge in [-0.05, 0) is 98.4 Å². The second-order valence-corrected chi connectivity index (χ2v) is 9.66. The van der Waals surface area contributed by atoms with Crippen LogP contribution in [0.3, 0.4) is 0 Å². The monoisotopic (exact) mass is 465 g/mol. The molecule has 3 rings (SSSR count). The van der Waals surface area contributed by atoms with Crippen LogP contribution in [0.25, 0.3) is 16.5 Å². The molecular weight excluding hydrogens is 433 g/mol.